The van der Waals surface area contributed by atoms with Crippen LogP contribution in [0.3, 0.4) is 0 Å². The van der Waals surface area contributed by atoms with Gasteiger partial charge in [-0.2, -0.15) is 0 Å². The zero-order valence-corrected chi connectivity index (χ0v) is 8.53. The quantitative estimate of drug-likeness (QED) is 0.712. The molecule has 1 rings (SSSR count). The summed E-state index contributed by atoms with van der Waals surface area (Å²) in [7, 11) is 0. The molecule has 12 heavy (non-hydrogen) atoms. The van der Waals surface area contributed by atoms with E-state index >= 15 is 0 Å². The lowest BCUT2D eigenvalue weighted by Gasteiger charge is -2.05. The third-order valence-electron chi connectivity index (χ3n) is 1.55. The molecule has 3 heteroatoms. The van der Waals surface area contributed by atoms with Crippen molar-refractivity contribution < 1.29 is 0 Å². The molecular weight excluding hydrogens is 168 g/mol. The zero-order valence-electron chi connectivity index (χ0n) is 7.72. The number of hydrogen-bond acceptors (Lipinski definition) is 2. The molecule has 66 valence electrons. The molecule has 2 nitrogen and oxygen atoms in total. The molecule has 1 aromatic heterocycles. The SMILES string of the molecule is Cc1nc(=S)cc(CC(C)C)[nH]1. The summed E-state index contributed by atoms with van der Waals surface area (Å²) in [6.45, 7) is 6.30. The van der Waals surface area contributed by atoms with Gasteiger partial charge in [0.05, 0.1) is 0 Å². The Kier molecular flexibility index (Phi) is 2.98. The predicted molar refractivity (Wildman–Crippen MR) is 52.7 cm³/mol. The van der Waals surface area contributed by atoms with Gasteiger partial charge in [0.25, 0.3) is 0 Å². The molecule has 0 bridgehead atoms. The first-order valence-corrected chi connectivity index (χ1v) is 4.55. The molecule has 0 atom stereocenters. The maximum Gasteiger partial charge on any atom is 0.129 e. The van der Waals surface area contributed by atoms with E-state index in [1.807, 2.05) is 13.0 Å². The van der Waals surface area contributed by atoms with E-state index in [0.717, 1.165) is 12.2 Å². The Labute approximate surface area is 78.1 Å². The van der Waals surface area contributed by atoms with Crippen LogP contribution < -0.4 is 0 Å². The first-order valence-electron chi connectivity index (χ1n) is 4.15. The number of aromatic amines is 1. The van der Waals surface area contributed by atoms with Crippen molar-refractivity contribution in [3.05, 3.63) is 22.2 Å². The van der Waals surface area contributed by atoms with E-state index < -0.39 is 0 Å². The lowest BCUT2D eigenvalue weighted by atomic mass is 10.1. The highest BCUT2D eigenvalue weighted by atomic mass is 32.1. The highest BCUT2D eigenvalue weighted by Gasteiger charge is 1.98. The van der Waals surface area contributed by atoms with Crippen molar-refractivity contribution in [1.29, 1.82) is 0 Å². The molecule has 0 fully saturated rings. The van der Waals surface area contributed by atoms with Gasteiger partial charge in [0.15, 0.2) is 0 Å². The van der Waals surface area contributed by atoms with Crippen molar-refractivity contribution in [2.45, 2.75) is 27.2 Å². The zero-order chi connectivity index (χ0) is 9.14. The second-order valence-electron chi connectivity index (χ2n) is 3.43. The highest BCUT2D eigenvalue weighted by Crippen LogP contribution is 2.05. The van der Waals surface area contributed by atoms with Gasteiger partial charge in [-0.05, 0) is 25.3 Å². The maximum absolute atomic E-state index is 5.01. The van der Waals surface area contributed by atoms with Gasteiger partial charge < -0.3 is 4.98 Å². The van der Waals surface area contributed by atoms with Crippen molar-refractivity contribution in [2.75, 3.05) is 0 Å². The smallest absolute Gasteiger partial charge is 0.129 e. The normalized spacial score (nSPS) is 10.7. The van der Waals surface area contributed by atoms with Crippen LogP contribution >= 0.6 is 12.2 Å². The van der Waals surface area contributed by atoms with Crippen LogP contribution in [-0.4, -0.2) is 9.97 Å². The van der Waals surface area contributed by atoms with Crippen LogP contribution in [0.5, 0.6) is 0 Å². The summed E-state index contributed by atoms with van der Waals surface area (Å²) in [4.78, 5) is 7.30. The van der Waals surface area contributed by atoms with Crippen LogP contribution in [-0.2, 0) is 6.42 Å². The molecular formula is C9H14N2S. The van der Waals surface area contributed by atoms with E-state index in [2.05, 4.69) is 23.8 Å². The molecule has 0 unspecified atom stereocenters. The standard InChI is InChI=1S/C9H14N2S/c1-6(2)4-8-5-9(12)11-7(3)10-8/h5-6H,4H2,1-3H3,(H,10,11,12). The van der Waals surface area contributed by atoms with Crippen LogP contribution in [0, 0.1) is 17.5 Å². The summed E-state index contributed by atoms with van der Waals surface area (Å²) in [5.74, 6) is 1.55. The van der Waals surface area contributed by atoms with Gasteiger partial charge in [-0.1, -0.05) is 26.1 Å². The number of rotatable bonds is 2. The minimum absolute atomic E-state index is 0.650. The number of aromatic nitrogens is 2. The second kappa shape index (κ2) is 3.81. The van der Waals surface area contributed by atoms with Gasteiger partial charge in [0, 0.05) is 5.69 Å². The average molecular weight is 182 g/mol. The second-order valence-corrected chi connectivity index (χ2v) is 3.85. The summed E-state index contributed by atoms with van der Waals surface area (Å²) in [6.07, 6.45) is 1.03. The molecule has 0 aromatic carbocycles. The molecule has 0 aliphatic carbocycles. The molecule has 0 aliphatic rings. The van der Waals surface area contributed by atoms with Crippen molar-refractivity contribution >= 4 is 12.2 Å². The monoisotopic (exact) mass is 182 g/mol. The third-order valence-corrected chi connectivity index (χ3v) is 1.75. The van der Waals surface area contributed by atoms with E-state index in [9.17, 15) is 0 Å². The van der Waals surface area contributed by atoms with Crippen molar-refractivity contribution in [3.8, 4) is 0 Å². The number of nitrogens with one attached hydrogen (secondary N) is 1. The van der Waals surface area contributed by atoms with Gasteiger partial charge >= 0.3 is 0 Å². The molecule has 0 aliphatic heterocycles. The molecule has 1 aromatic rings. The Balaban J connectivity index is 2.93. The van der Waals surface area contributed by atoms with Gasteiger partial charge in [-0.15, -0.1) is 0 Å². The van der Waals surface area contributed by atoms with Crippen LogP contribution in [0.25, 0.3) is 0 Å². The summed E-state index contributed by atoms with van der Waals surface area (Å²) in [6, 6.07) is 1.93. The van der Waals surface area contributed by atoms with Crippen LogP contribution in [0.2, 0.25) is 0 Å². The van der Waals surface area contributed by atoms with Crippen LogP contribution in [0.15, 0.2) is 6.07 Å². The van der Waals surface area contributed by atoms with Gasteiger partial charge in [0.1, 0.15) is 10.5 Å². The molecule has 0 amide bonds. The fourth-order valence-electron chi connectivity index (χ4n) is 1.19. The summed E-state index contributed by atoms with van der Waals surface area (Å²) in [5.41, 5.74) is 1.18. The van der Waals surface area contributed by atoms with E-state index in [-0.39, 0.29) is 0 Å². The minimum Gasteiger partial charge on any atom is -0.347 e. The Bertz CT molecular complexity index is 315. The molecule has 1 heterocycles. The Hall–Kier alpha value is -0.700. The molecule has 0 saturated heterocycles. The highest BCUT2D eigenvalue weighted by molar-refractivity contribution is 7.71. The molecule has 0 spiro atoms. The van der Waals surface area contributed by atoms with Gasteiger partial charge in [-0.3, -0.25) is 0 Å². The van der Waals surface area contributed by atoms with E-state index in [1.54, 1.807) is 0 Å². The van der Waals surface area contributed by atoms with Crippen LogP contribution in [0.1, 0.15) is 25.4 Å². The third kappa shape index (κ3) is 2.74. The van der Waals surface area contributed by atoms with Crippen molar-refractivity contribution in [2.24, 2.45) is 5.92 Å². The molecule has 0 radical (unpaired) electrons. The Morgan fingerprint density at radius 2 is 2.25 bits per heavy atom. The van der Waals surface area contributed by atoms with Crippen molar-refractivity contribution in [3.63, 3.8) is 0 Å². The summed E-state index contributed by atoms with van der Waals surface area (Å²) < 4.78 is 0.682. The predicted octanol–water partition coefficient (Wildman–Crippen LogP) is 2.65. The van der Waals surface area contributed by atoms with E-state index in [1.165, 1.54) is 5.69 Å². The van der Waals surface area contributed by atoms with Crippen molar-refractivity contribution in [1.82, 2.24) is 9.97 Å². The van der Waals surface area contributed by atoms with E-state index in [0.29, 0.717) is 10.6 Å². The summed E-state index contributed by atoms with van der Waals surface area (Å²) in [5, 5.41) is 0. The lowest BCUT2D eigenvalue weighted by molar-refractivity contribution is 0.631. The van der Waals surface area contributed by atoms with Gasteiger partial charge in [0.2, 0.25) is 0 Å². The fourth-order valence-corrected chi connectivity index (χ4v) is 1.47. The molecule has 1 N–H and O–H groups in total. The van der Waals surface area contributed by atoms with Gasteiger partial charge in [-0.25, -0.2) is 4.98 Å². The number of nitrogens with zero attached hydrogens (tertiary/aromatic N) is 1. The molecule has 0 saturated carbocycles. The van der Waals surface area contributed by atoms with Crippen LogP contribution in [0.4, 0.5) is 0 Å². The Morgan fingerprint density at radius 3 is 2.75 bits per heavy atom. The number of H-pyrrole nitrogens is 1. The first-order chi connectivity index (χ1) is 5.58. The number of hydrogen-bond donors (Lipinski definition) is 1. The largest absolute Gasteiger partial charge is 0.347 e. The Morgan fingerprint density at radius 1 is 1.58 bits per heavy atom. The fraction of sp³-hybridized carbons (Fsp3) is 0.556. The van der Waals surface area contributed by atoms with E-state index in [4.69, 9.17) is 12.2 Å². The minimum atomic E-state index is 0.650. The summed E-state index contributed by atoms with van der Waals surface area (Å²) >= 11 is 5.01. The average Bonchev–Trinajstić information content (AvgIpc) is 1.81. The lowest BCUT2D eigenvalue weighted by Crippen LogP contribution is -2.00. The number of aryl methyl sites for hydroxylation is 1. The first kappa shape index (κ1) is 9.39. The topological polar surface area (TPSA) is 28.7 Å². The maximum atomic E-state index is 5.01.